The van der Waals surface area contributed by atoms with Gasteiger partial charge in [0, 0.05) is 0 Å². The van der Waals surface area contributed by atoms with Crippen molar-refractivity contribution in [1.29, 1.82) is 0 Å². The van der Waals surface area contributed by atoms with Gasteiger partial charge in [0.25, 0.3) is 0 Å². The van der Waals surface area contributed by atoms with E-state index in [4.69, 9.17) is 10.5 Å². The van der Waals surface area contributed by atoms with Crippen LogP contribution in [0.4, 0.5) is 4.39 Å². The molecule has 0 aromatic heterocycles. The number of benzene rings is 1. The van der Waals surface area contributed by atoms with Crippen LogP contribution in [0.5, 0.6) is 5.75 Å². The zero-order chi connectivity index (χ0) is 12.5. The van der Waals surface area contributed by atoms with Crippen LogP contribution in [-0.2, 0) is 6.42 Å². The Morgan fingerprint density at radius 2 is 2.17 bits per heavy atom. The Morgan fingerprint density at radius 3 is 2.78 bits per heavy atom. The van der Waals surface area contributed by atoms with Crippen molar-refractivity contribution in [3.8, 4) is 5.75 Å². The molecule has 0 heterocycles. The van der Waals surface area contributed by atoms with Gasteiger partial charge >= 0.3 is 0 Å². The molecule has 18 heavy (non-hydrogen) atoms. The average molecular weight is 249 g/mol. The molecule has 1 aromatic carbocycles. The summed E-state index contributed by atoms with van der Waals surface area (Å²) >= 11 is 0. The first-order valence-electron chi connectivity index (χ1n) is 6.91. The van der Waals surface area contributed by atoms with Crippen molar-refractivity contribution >= 4 is 0 Å². The molecule has 2 N–H and O–H groups in total. The highest BCUT2D eigenvalue weighted by atomic mass is 19.1. The largest absolute Gasteiger partial charge is 0.487 e. The van der Waals surface area contributed by atoms with Gasteiger partial charge in [0.2, 0.25) is 0 Å². The first kappa shape index (κ1) is 12.0. The molecule has 2 aliphatic carbocycles. The predicted octanol–water partition coefficient (Wildman–Crippen LogP) is 2.89. The first-order valence-corrected chi connectivity index (χ1v) is 6.91. The van der Waals surface area contributed by atoms with Gasteiger partial charge in [-0.25, -0.2) is 4.39 Å². The van der Waals surface area contributed by atoms with Gasteiger partial charge in [-0.1, -0.05) is 6.07 Å². The lowest BCUT2D eigenvalue weighted by Gasteiger charge is -2.23. The molecule has 2 aliphatic rings. The topological polar surface area (TPSA) is 35.2 Å². The number of halogens is 1. The van der Waals surface area contributed by atoms with Crippen LogP contribution in [0.3, 0.4) is 0 Å². The smallest absolute Gasteiger partial charge is 0.165 e. The van der Waals surface area contributed by atoms with Crippen molar-refractivity contribution in [2.45, 2.75) is 38.2 Å². The molecule has 3 rings (SSSR count). The molecule has 3 atom stereocenters. The summed E-state index contributed by atoms with van der Waals surface area (Å²) in [5.41, 5.74) is 6.41. The highest BCUT2D eigenvalue weighted by Gasteiger charge is 2.41. The molecule has 2 fully saturated rings. The number of rotatable bonds is 4. The van der Waals surface area contributed by atoms with Crippen LogP contribution >= 0.6 is 0 Å². The zero-order valence-electron chi connectivity index (χ0n) is 10.6. The Morgan fingerprint density at radius 1 is 1.28 bits per heavy atom. The summed E-state index contributed by atoms with van der Waals surface area (Å²) < 4.78 is 19.8. The average Bonchev–Trinajstić information content (AvgIpc) is 2.95. The Labute approximate surface area is 107 Å². The molecule has 1 aromatic rings. The maximum atomic E-state index is 13.9. The van der Waals surface area contributed by atoms with Gasteiger partial charge in [0.15, 0.2) is 11.6 Å². The van der Waals surface area contributed by atoms with Crippen molar-refractivity contribution in [2.24, 2.45) is 17.6 Å². The van der Waals surface area contributed by atoms with Crippen molar-refractivity contribution in [3.05, 3.63) is 29.6 Å². The van der Waals surface area contributed by atoms with Crippen LogP contribution in [0.25, 0.3) is 0 Å². The van der Waals surface area contributed by atoms with Crippen molar-refractivity contribution < 1.29 is 9.13 Å². The SMILES string of the molecule is NCCc1ccc(OC2CC3CCC2C3)c(F)c1. The fourth-order valence-electron chi connectivity index (χ4n) is 3.46. The maximum Gasteiger partial charge on any atom is 0.165 e. The first-order chi connectivity index (χ1) is 8.76. The highest BCUT2D eigenvalue weighted by molar-refractivity contribution is 5.30. The highest BCUT2D eigenvalue weighted by Crippen LogP contribution is 2.46. The molecule has 2 nitrogen and oxygen atoms in total. The molecule has 3 heteroatoms. The fourth-order valence-corrected chi connectivity index (χ4v) is 3.46. The summed E-state index contributed by atoms with van der Waals surface area (Å²) in [6.07, 6.45) is 5.92. The van der Waals surface area contributed by atoms with Crippen LogP contribution in [-0.4, -0.2) is 12.6 Å². The number of hydrogen-bond donors (Lipinski definition) is 1. The third-order valence-corrected chi connectivity index (χ3v) is 4.38. The molecular weight excluding hydrogens is 229 g/mol. The standard InChI is InChI=1S/C15H20FNO/c16-13-8-10(5-6-17)2-4-14(13)18-15-9-11-1-3-12(15)7-11/h2,4,8,11-12,15H,1,3,5-7,9,17H2. The molecule has 0 amide bonds. The summed E-state index contributed by atoms with van der Waals surface area (Å²) in [7, 11) is 0. The van der Waals surface area contributed by atoms with Crippen molar-refractivity contribution in [1.82, 2.24) is 0 Å². The number of ether oxygens (including phenoxy) is 1. The summed E-state index contributed by atoms with van der Waals surface area (Å²) in [6.45, 7) is 0.548. The summed E-state index contributed by atoms with van der Waals surface area (Å²) in [5, 5.41) is 0. The van der Waals surface area contributed by atoms with Crippen LogP contribution < -0.4 is 10.5 Å². The number of nitrogens with two attached hydrogens (primary N) is 1. The van der Waals surface area contributed by atoms with E-state index in [1.165, 1.54) is 19.3 Å². The summed E-state index contributed by atoms with van der Waals surface area (Å²) in [6, 6.07) is 5.22. The maximum absolute atomic E-state index is 13.9. The van der Waals surface area contributed by atoms with E-state index in [1.54, 1.807) is 12.1 Å². The molecule has 0 aliphatic heterocycles. The molecule has 0 saturated heterocycles. The van der Waals surface area contributed by atoms with Gasteiger partial charge in [-0.3, -0.25) is 0 Å². The van der Waals surface area contributed by atoms with Crippen molar-refractivity contribution in [2.75, 3.05) is 6.54 Å². The predicted molar refractivity (Wildman–Crippen MR) is 69.0 cm³/mol. The summed E-state index contributed by atoms with van der Waals surface area (Å²) in [5.74, 6) is 1.63. The van der Waals surface area contributed by atoms with E-state index in [1.807, 2.05) is 6.07 Å². The third-order valence-electron chi connectivity index (χ3n) is 4.38. The lowest BCUT2D eigenvalue weighted by atomic mass is 9.98. The van der Waals surface area contributed by atoms with E-state index in [0.717, 1.165) is 17.9 Å². The second-order valence-electron chi connectivity index (χ2n) is 5.63. The molecule has 0 spiro atoms. The van der Waals surface area contributed by atoms with Crippen LogP contribution in [0.1, 0.15) is 31.2 Å². The normalized spacial score (nSPS) is 29.8. The number of hydrogen-bond acceptors (Lipinski definition) is 2. The molecule has 98 valence electrons. The molecule has 2 saturated carbocycles. The van der Waals surface area contributed by atoms with Gasteiger partial charge < -0.3 is 10.5 Å². The van der Waals surface area contributed by atoms with Gasteiger partial charge in [0.1, 0.15) is 6.10 Å². The minimum atomic E-state index is -0.247. The third kappa shape index (κ3) is 2.24. The zero-order valence-corrected chi connectivity index (χ0v) is 10.6. The molecule has 2 bridgehead atoms. The fraction of sp³-hybridized carbons (Fsp3) is 0.600. The molecule has 0 radical (unpaired) electrons. The van der Waals surface area contributed by atoms with Gasteiger partial charge in [-0.15, -0.1) is 0 Å². The van der Waals surface area contributed by atoms with Crippen LogP contribution in [0.15, 0.2) is 18.2 Å². The van der Waals surface area contributed by atoms with E-state index in [9.17, 15) is 4.39 Å². The van der Waals surface area contributed by atoms with Gasteiger partial charge in [0.05, 0.1) is 0 Å². The quantitative estimate of drug-likeness (QED) is 0.890. The molecule has 3 unspecified atom stereocenters. The second-order valence-corrected chi connectivity index (χ2v) is 5.63. The minimum absolute atomic E-state index is 0.235. The number of fused-ring (bicyclic) bond motifs is 2. The monoisotopic (exact) mass is 249 g/mol. The molecular formula is C15H20FNO. The van der Waals surface area contributed by atoms with Crippen LogP contribution in [0.2, 0.25) is 0 Å². The lowest BCUT2D eigenvalue weighted by molar-refractivity contribution is 0.132. The van der Waals surface area contributed by atoms with Gasteiger partial charge in [-0.2, -0.15) is 0 Å². The van der Waals surface area contributed by atoms with Gasteiger partial charge in [-0.05, 0) is 68.2 Å². The van der Waals surface area contributed by atoms with E-state index >= 15 is 0 Å². The second kappa shape index (κ2) is 4.88. The van der Waals surface area contributed by atoms with E-state index in [-0.39, 0.29) is 11.9 Å². The Balaban J connectivity index is 1.69. The Bertz CT molecular complexity index is 435. The van der Waals surface area contributed by atoms with Crippen LogP contribution in [0, 0.1) is 17.7 Å². The van der Waals surface area contributed by atoms with Crippen molar-refractivity contribution in [3.63, 3.8) is 0 Å². The lowest BCUT2D eigenvalue weighted by Crippen LogP contribution is -2.23. The Hall–Kier alpha value is -1.09. The van der Waals surface area contributed by atoms with E-state index < -0.39 is 0 Å². The minimum Gasteiger partial charge on any atom is -0.487 e. The van der Waals surface area contributed by atoms with E-state index in [2.05, 4.69) is 0 Å². The van der Waals surface area contributed by atoms with E-state index in [0.29, 0.717) is 24.6 Å². The summed E-state index contributed by atoms with van der Waals surface area (Å²) in [4.78, 5) is 0. The Kier molecular flexibility index (Phi) is 3.25.